The minimum absolute atomic E-state index is 0.278. The van der Waals surface area contributed by atoms with Gasteiger partial charge in [-0.05, 0) is 30.3 Å². The van der Waals surface area contributed by atoms with Crippen molar-refractivity contribution >= 4 is 5.69 Å². The van der Waals surface area contributed by atoms with Crippen molar-refractivity contribution in [2.75, 3.05) is 5.73 Å². The van der Waals surface area contributed by atoms with Gasteiger partial charge < -0.3 is 15.3 Å². The molecule has 0 saturated carbocycles. The van der Waals surface area contributed by atoms with Gasteiger partial charge in [-0.1, -0.05) is 0 Å². The summed E-state index contributed by atoms with van der Waals surface area (Å²) >= 11 is 0. The van der Waals surface area contributed by atoms with Crippen molar-refractivity contribution in [1.82, 2.24) is 0 Å². The van der Waals surface area contributed by atoms with E-state index >= 15 is 0 Å². The average Bonchev–Trinajstić information content (AvgIpc) is 2.74. The number of aliphatic hydroxyl groups is 1. The number of benzene rings is 1. The number of rotatable bonds is 3. The molecule has 3 nitrogen and oxygen atoms in total. The van der Waals surface area contributed by atoms with Crippen molar-refractivity contribution in [2.45, 2.75) is 12.5 Å². The number of aliphatic hydroxyl groups excluding tert-OH is 1. The van der Waals surface area contributed by atoms with Crippen LogP contribution in [0.2, 0.25) is 0 Å². The van der Waals surface area contributed by atoms with Crippen molar-refractivity contribution in [3.63, 3.8) is 0 Å². The van der Waals surface area contributed by atoms with Gasteiger partial charge >= 0.3 is 0 Å². The Kier molecular flexibility index (Phi) is 2.92. The molecule has 1 unspecified atom stereocenters. The third kappa shape index (κ3) is 2.23. The van der Waals surface area contributed by atoms with E-state index in [-0.39, 0.29) is 6.42 Å². The Balaban J connectivity index is 2.20. The van der Waals surface area contributed by atoms with Crippen LogP contribution in [-0.2, 0) is 6.42 Å². The highest BCUT2D eigenvalue weighted by Gasteiger charge is 2.14. The van der Waals surface area contributed by atoms with Crippen LogP contribution in [0.25, 0.3) is 0 Å². The van der Waals surface area contributed by atoms with Crippen LogP contribution >= 0.6 is 0 Å². The fraction of sp³-hybridized carbons (Fsp3) is 0.167. The van der Waals surface area contributed by atoms with Crippen LogP contribution in [0.5, 0.6) is 0 Å². The normalized spacial score (nSPS) is 12.6. The van der Waals surface area contributed by atoms with E-state index in [0.29, 0.717) is 17.0 Å². The average molecular weight is 221 g/mol. The molecule has 0 bridgehead atoms. The first-order valence-electron chi connectivity index (χ1n) is 4.92. The van der Waals surface area contributed by atoms with Crippen LogP contribution in [0.4, 0.5) is 10.1 Å². The van der Waals surface area contributed by atoms with E-state index in [1.54, 1.807) is 12.1 Å². The van der Waals surface area contributed by atoms with Crippen LogP contribution in [-0.4, -0.2) is 5.11 Å². The quantitative estimate of drug-likeness (QED) is 0.781. The maximum absolute atomic E-state index is 13.0. The van der Waals surface area contributed by atoms with Gasteiger partial charge in [0, 0.05) is 17.7 Å². The molecule has 1 atom stereocenters. The molecule has 1 heterocycles. The second-order valence-corrected chi connectivity index (χ2v) is 3.57. The lowest BCUT2D eigenvalue weighted by molar-refractivity contribution is 0.171. The van der Waals surface area contributed by atoms with Crippen LogP contribution in [0, 0.1) is 5.82 Å². The Labute approximate surface area is 92.3 Å². The van der Waals surface area contributed by atoms with Gasteiger partial charge in [0.25, 0.3) is 0 Å². The molecule has 1 aromatic carbocycles. The molecule has 0 aliphatic carbocycles. The van der Waals surface area contributed by atoms with Crippen molar-refractivity contribution in [3.05, 3.63) is 53.7 Å². The summed E-state index contributed by atoms with van der Waals surface area (Å²) in [6.07, 6.45) is 0.944. The molecule has 16 heavy (non-hydrogen) atoms. The molecule has 0 aliphatic rings. The van der Waals surface area contributed by atoms with E-state index in [9.17, 15) is 9.50 Å². The highest BCUT2D eigenvalue weighted by atomic mass is 19.1. The Morgan fingerprint density at radius 1 is 1.38 bits per heavy atom. The van der Waals surface area contributed by atoms with Gasteiger partial charge in [-0.2, -0.15) is 0 Å². The zero-order chi connectivity index (χ0) is 11.5. The zero-order valence-corrected chi connectivity index (χ0v) is 8.56. The second kappa shape index (κ2) is 4.37. The number of hydrogen-bond donors (Lipinski definition) is 2. The van der Waals surface area contributed by atoms with E-state index in [2.05, 4.69) is 0 Å². The van der Waals surface area contributed by atoms with Gasteiger partial charge in [-0.25, -0.2) is 4.39 Å². The molecule has 2 rings (SSSR count). The highest BCUT2D eigenvalue weighted by Crippen LogP contribution is 2.24. The Hall–Kier alpha value is -1.81. The van der Waals surface area contributed by atoms with Crippen molar-refractivity contribution in [2.24, 2.45) is 0 Å². The predicted octanol–water partition coefficient (Wildman–Crippen LogP) is 2.28. The molecule has 0 amide bonds. The molecule has 4 heteroatoms. The van der Waals surface area contributed by atoms with E-state index in [0.717, 1.165) is 0 Å². The molecule has 3 N–H and O–H groups in total. The monoisotopic (exact) mass is 221 g/mol. The van der Waals surface area contributed by atoms with E-state index in [1.165, 1.54) is 24.5 Å². The molecule has 84 valence electrons. The van der Waals surface area contributed by atoms with Gasteiger partial charge in [0.1, 0.15) is 11.6 Å². The summed E-state index contributed by atoms with van der Waals surface area (Å²) in [6.45, 7) is 0. The second-order valence-electron chi connectivity index (χ2n) is 3.57. The topological polar surface area (TPSA) is 59.4 Å². The predicted molar refractivity (Wildman–Crippen MR) is 58.2 cm³/mol. The maximum atomic E-state index is 13.0. The number of furan rings is 1. The SMILES string of the molecule is Nc1ccc(F)cc1C(O)Cc1ccco1. The van der Waals surface area contributed by atoms with Gasteiger partial charge in [-0.15, -0.1) is 0 Å². The van der Waals surface area contributed by atoms with Gasteiger partial charge in [-0.3, -0.25) is 0 Å². The Morgan fingerprint density at radius 3 is 2.88 bits per heavy atom. The standard InChI is InChI=1S/C12H12FNO2/c13-8-3-4-11(14)10(6-8)12(15)7-9-2-1-5-16-9/h1-6,12,15H,7,14H2. The summed E-state index contributed by atoms with van der Waals surface area (Å²) in [7, 11) is 0. The maximum Gasteiger partial charge on any atom is 0.123 e. The van der Waals surface area contributed by atoms with E-state index in [4.69, 9.17) is 10.2 Å². The summed E-state index contributed by atoms with van der Waals surface area (Å²) in [5.41, 5.74) is 6.42. The Bertz CT molecular complexity index is 468. The number of nitrogen functional groups attached to an aromatic ring is 1. The third-order valence-electron chi connectivity index (χ3n) is 2.38. The van der Waals surface area contributed by atoms with E-state index in [1.807, 2.05) is 0 Å². The van der Waals surface area contributed by atoms with Crippen molar-refractivity contribution < 1.29 is 13.9 Å². The minimum atomic E-state index is -0.859. The number of hydrogen-bond acceptors (Lipinski definition) is 3. The summed E-state index contributed by atoms with van der Waals surface area (Å²) in [5.74, 6) is 0.221. The molecular formula is C12H12FNO2. The number of nitrogens with two attached hydrogens (primary N) is 1. The van der Waals surface area contributed by atoms with Crippen LogP contribution in [0.3, 0.4) is 0 Å². The zero-order valence-electron chi connectivity index (χ0n) is 8.56. The molecular weight excluding hydrogens is 209 g/mol. The van der Waals surface area contributed by atoms with E-state index < -0.39 is 11.9 Å². The minimum Gasteiger partial charge on any atom is -0.469 e. The van der Waals surface area contributed by atoms with Crippen molar-refractivity contribution in [3.8, 4) is 0 Å². The van der Waals surface area contributed by atoms with Crippen LogP contribution in [0.1, 0.15) is 17.4 Å². The molecule has 2 aromatic rings. The van der Waals surface area contributed by atoms with Gasteiger partial charge in [0.05, 0.1) is 12.4 Å². The first-order valence-corrected chi connectivity index (χ1v) is 4.92. The molecule has 0 fully saturated rings. The van der Waals surface area contributed by atoms with Gasteiger partial charge in [0.15, 0.2) is 0 Å². The summed E-state index contributed by atoms with van der Waals surface area (Å²) < 4.78 is 18.1. The lowest BCUT2D eigenvalue weighted by atomic mass is 10.0. The lowest BCUT2D eigenvalue weighted by Gasteiger charge is -2.12. The highest BCUT2D eigenvalue weighted by molar-refractivity contribution is 5.48. The summed E-state index contributed by atoms with van der Waals surface area (Å²) in [6, 6.07) is 7.42. The molecule has 1 aromatic heterocycles. The summed E-state index contributed by atoms with van der Waals surface area (Å²) in [5, 5.41) is 9.89. The summed E-state index contributed by atoms with van der Waals surface area (Å²) in [4.78, 5) is 0. The lowest BCUT2D eigenvalue weighted by Crippen LogP contribution is -2.05. The largest absolute Gasteiger partial charge is 0.469 e. The van der Waals surface area contributed by atoms with Crippen LogP contribution < -0.4 is 5.73 Å². The third-order valence-corrected chi connectivity index (χ3v) is 2.38. The fourth-order valence-corrected chi connectivity index (χ4v) is 1.56. The molecule has 0 radical (unpaired) electrons. The van der Waals surface area contributed by atoms with Gasteiger partial charge in [0.2, 0.25) is 0 Å². The number of anilines is 1. The fourth-order valence-electron chi connectivity index (χ4n) is 1.56. The van der Waals surface area contributed by atoms with Crippen LogP contribution in [0.15, 0.2) is 41.0 Å². The first kappa shape index (κ1) is 10.7. The molecule has 0 saturated heterocycles. The smallest absolute Gasteiger partial charge is 0.123 e. The number of halogens is 1. The molecule has 0 spiro atoms. The molecule has 0 aliphatic heterocycles. The van der Waals surface area contributed by atoms with Crippen molar-refractivity contribution in [1.29, 1.82) is 0 Å². The first-order chi connectivity index (χ1) is 7.66. The Morgan fingerprint density at radius 2 is 2.19 bits per heavy atom.